The van der Waals surface area contributed by atoms with Gasteiger partial charge in [-0.1, -0.05) is 6.07 Å². The summed E-state index contributed by atoms with van der Waals surface area (Å²) in [5, 5.41) is 6.30. The Morgan fingerprint density at radius 1 is 0.957 bits per heavy atom. The van der Waals surface area contributed by atoms with Crippen molar-refractivity contribution < 1.29 is 4.74 Å². The number of nitrogens with zero attached hydrogens (tertiary/aromatic N) is 3. The maximum atomic E-state index is 6.15. The lowest BCUT2D eigenvalue weighted by Gasteiger charge is -2.13. The molecule has 3 rings (SSSR count). The van der Waals surface area contributed by atoms with Crippen LogP contribution in [0.3, 0.4) is 0 Å². The zero-order valence-corrected chi connectivity index (χ0v) is 12.5. The molecule has 0 saturated heterocycles. The molecule has 116 valence electrons. The summed E-state index contributed by atoms with van der Waals surface area (Å²) >= 11 is 0. The minimum absolute atomic E-state index is 0.423. The molecule has 0 saturated carbocycles. The summed E-state index contributed by atoms with van der Waals surface area (Å²) in [4.78, 5) is 12.3. The second-order valence-electron chi connectivity index (χ2n) is 4.70. The van der Waals surface area contributed by atoms with Gasteiger partial charge < -0.3 is 21.1 Å². The van der Waals surface area contributed by atoms with Crippen LogP contribution in [0.25, 0.3) is 0 Å². The molecule has 4 N–H and O–H groups in total. The van der Waals surface area contributed by atoms with Crippen molar-refractivity contribution in [1.29, 1.82) is 0 Å². The van der Waals surface area contributed by atoms with Gasteiger partial charge in [-0.05, 0) is 24.3 Å². The number of pyridine rings is 1. The van der Waals surface area contributed by atoms with E-state index < -0.39 is 0 Å². The molecule has 0 unspecified atom stereocenters. The fraction of sp³-hybridized carbons (Fsp3) is 0.0625. The summed E-state index contributed by atoms with van der Waals surface area (Å²) in [7, 11) is 1.62. The first-order valence-electron chi connectivity index (χ1n) is 6.95. The van der Waals surface area contributed by atoms with Crippen molar-refractivity contribution in [2.24, 2.45) is 0 Å². The molecule has 0 spiro atoms. The van der Waals surface area contributed by atoms with Gasteiger partial charge in [-0.2, -0.15) is 0 Å². The highest BCUT2D eigenvalue weighted by atomic mass is 16.5. The van der Waals surface area contributed by atoms with Crippen LogP contribution in [-0.2, 0) is 0 Å². The lowest BCUT2D eigenvalue weighted by molar-refractivity contribution is 0.415. The molecule has 0 atom stereocenters. The van der Waals surface area contributed by atoms with Crippen molar-refractivity contribution >= 4 is 28.7 Å². The Bertz CT molecular complexity index is 794. The summed E-state index contributed by atoms with van der Waals surface area (Å²) < 4.78 is 5.20. The van der Waals surface area contributed by atoms with E-state index in [1.165, 1.54) is 6.33 Å². The highest BCUT2D eigenvalue weighted by molar-refractivity contribution is 5.80. The molecular weight excluding hydrogens is 292 g/mol. The lowest BCUT2D eigenvalue weighted by Crippen LogP contribution is -2.05. The standard InChI is InChI=1S/C16H16N6O/c1-23-13-4-2-3-12(9-13)22-16-14(17)15(19-10-20-16)21-11-5-7-18-8-6-11/h2-10H,17H2,1H3,(H2,18,19,20,21,22). The van der Waals surface area contributed by atoms with Crippen molar-refractivity contribution in [1.82, 2.24) is 15.0 Å². The molecule has 7 nitrogen and oxygen atoms in total. The summed E-state index contributed by atoms with van der Waals surface area (Å²) in [6, 6.07) is 11.2. The van der Waals surface area contributed by atoms with Crippen LogP contribution in [-0.4, -0.2) is 22.1 Å². The van der Waals surface area contributed by atoms with E-state index >= 15 is 0 Å². The maximum Gasteiger partial charge on any atom is 0.159 e. The Morgan fingerprint density at radius 2 is 1.65 bits per heavy atom. The number of nitrogen functional groups attached to an aromatic ring is 1. The molecule has 0 bridgehead atoms. The number of hydrogen-bond acceptors (Lipinski definition) is 7. The van der Waals surface area contributed by atoms with Gasteiger partial charge in [0.1, 0.15) is 17.8 Å². The normalized spacial score (nSPS) is 10.1. The molecule has 0 aliphatic heterocycles. The molecule has 23 heavy (non-hydrogen) atoms. The summed E-state index contributed by atoms with van der Waals surface area (Å²) in [5.74, 6) is 1.79. The maximum absolute atomic E-state index is 6.15. The monoisotopic (exact) mass is 308 g/mol. The minimum atomic E-state index is 0.423. The fourth-order valence-corrected chi connectivity index (χ4v) is 2.00. The third-order valence-corrected chi connectivity index (χ3v) is 3.16. The third-order valence-electron chi connectivity index (χ3n) is 3.16. The van der Waals surface area contributed by atoms with Crippen LogP contribution in [0.15, 0.2) is 55.1 Å². The minimum Gasteiger partial charge on any atom is -0.497 e. The molecule has 0 radical (unpaired) electrons. The third kappa shape index (κ3) is 3.46. The Labute approximate surface area is 133 Å². The first-order valence-corrected chi connectivity index (χ1v) is 6.95. The summed E-state index contributed by atoms with van der Waals surface area (Å²) in [6.45, 7) is 0. The molecule has 0 aliphatic carbocycles. The Kier molecular flexibility index (Phi) is 4.19. The molecule has 2 aromatic heterocycles. The Balaban J connectivity index is 1.84. The molecule has 0 amide bonds. The molecule has 2 heterocycles. The van der Waals surface area contributed by atoms with Gasteiger partial charge in [-0.3, -0.25) is 4.98 Å². The van der Waals surface area contributed by atoms with Crippen LogP contribution < -0.4 is 21.1 Å². The van der Waals surface area contributed by atoms with Gasteiger partial charge in [0.25, 0.3) is 0 Å². The zero-order chi connectivity index (χ0) is 16.1. The van der Waals surface area contributed by atoms with Crippen LogP contribution in [0, 0.1) is 0 Å². The highest BCUT2D eigenvalue weighted by Gasteiger charge is 2.09. The summed E-state index contributed by atoms with van der Waals surface area (Å²) in [6.07, 6.45) is 4.83. The molecular formula is C16H16N6O. The Morgan fingerprint density at radius 3 is 2.35 bits per heavy atom. The topological polar surface area (TPSA) is 98.0 Å². The second kappa shape index (κ2) is 6.61. The van der Waals surface area contributed by atoms with Crippen LogP contribution in [0.2, 0.25) is 0 Å². The predicted molar refractivity (Wildman–Crippen MR) is 90.2 cm³/mol. The average molecular weight is 308 g/mol. The molecule has 7 heteroatoms. The van der Waals surface area contributed by atoms with E-state index in [1.54, 1.807) is 19.5 Å². The Hall–Kier alpha value is -3.35. The van der Waals surface area contributed by atoms with E-state index in [0.29, 0.717) is 17.3 Å². The first kappa shape index (κ1) is 14.6. The van der Waals surface area contributed by atoms with E-state index in [9.17, 15) is 0 Å². The number of nitrogens with one attached hydrogen (secondary N) is 2. The van der Waals surface area contributed by atoms with Gasteiger partial charge >= 0.3 is 0 Å². The van der Waals surface area contributed by atoms with Crippen molar-refractivity contribution in [3.63, 3.8) is 0 Å². The molecule has 3 aromatic rings. The largest absolute Gasteiger partial charge is 0.497 e. The summed E-state index contributed by atoms with van der Waals surface area (Å²) in [5.41, 5.74) is 8.24. The van der Waals surface area contributed by atoms with Crippen LogP contribution in [0.5, 0.6) is 5.75 Å². The lowest BCUT2D eigenvalue weighted by atomic mass is 10.3. The molecule has 0 fully saturated rings. The average Bonchev–Trinajstić information content (AvgIpc) is 2.59. The van der Waals surface area contributed by atoms with Crippen LogP contribution >= 0.6 is 0 Å². The van der Waals surface area contributed by atoms with Crippen LogP contribution in [0.4, 0.5) is 28.7 Å². The van der Waals surface area contributed by atoms with Gasteiger partial charge in [0.05, 0.1) is 7.11 Å². The number of rotatable bonds is 5. The number of anilines is 5. The molecule has 1 aromatic carbocycles. The van der Waals surface area contributed by atoms with E-state index in [4.69, 9.17) is 10.5 Å². The van der Waals surface area contributed by atoms with Crippen molar-refractivity contribution in [2.45, 2.75) is 0 Å². The fourth-order valence-electron chi connectivity index (χ4n) is 2.00. The number of ether oxygens (including phenoxy) is 1. The van der Waals surface area contributed by atoms with E-state index in [1.807, 2.05) is 36.4 Å². The smallest absolute Gasteiger partial charge is 0.159 e. The SMILES string of the molecule is COc1cccc(Nc2ncnc(Nc3ccncc3)c2N)c1. The highest BCUT2D eigenvalue weighted by Crippen LogP contribution is 2.28. The van der Waals surface area contributed by atoms with E-state index in [-0.39, 0.29) is 0 Å². The predicted octanol–water partition coefficient (Wildman–Crippen LogP) is 2.95. The number of methoxy groups -OCH3 is 1. The van der Waals surface area contributed by atoms with Crippen LogP contribution in [0.1, 0.15) is 0 Å². The van der Waals surface area contributed by atoms with Crippen molar-refractivity contribution in [3.8, 4) is 5.75 Å². The molecule has 0 aliphatic rings. The quantitative estimate of drug-likeness (QED) is 0.666. The van der Waals surface area contributed by atoms with Gasteiger partial charge in [-0.15, -0.1) is 0 Å². The number of hydrogen-bond donors (Lipinski definition) is 3. The second-order valence-corrected chi connectivity index (χ2v) is 4.70. The zero-order valence-electron chi connectivity index (χ0n) is 12.5. The van der Waals surface area contributed by atoms with Gasteiger partial charge in [0, 0.05) is 29.8 Å². The first-order chi connectivity index (χ1) is 11.3. The number of aromatic nitrogens is 3. The van der Waals surface area contributed by atoms with Gasteiger partial charge in [-0.25, -0.2) is 9.97 Å². The number of benzene rings is 1. The number of nitrogens with two attached hydrogens (primary N) is 1. The van der Waals surface area contributed by atoms with E-state index in [2.05, 4.69) is 25.6 Å². The van der Waals surface area contributed by atoms with E-state index in [0.717, 1.165) is 17.1 Å². The van der Waals surface area contributed by atoms with Crippen molar-refractivity contribution in [2.75, 3.05) is 23.5 Å². The van der Waals surface area contributed by atoms with Gasteiger partial charge in [0.15, 0.2) is 11.6 Å². The van der Waals surface area contributed by atoms with Crippen molar-refractivity contribution in [3.05, 3.63) is 55.1 Å². The van der Waals surface area contributed by atoms with Gasteiger partial charge in [0.2, 0.25) is 0 Å².